The first-order valence-electron chi connectivity index (χ1n) is 8.89. The van der Waals surface area contributed by atoms with E-state index >= 15 is 0 Å². The van der Waals surface area contributed by atoms with Crippen molar-refractivity contribution in [2.75, 3.05) is 6.61 Å². The maximum atomic E-state index is 12.0. The number of aromatic carboxylic acids is 1. The molecule has 0 aliphatic carbocycles. The molecule has 0 aliphatic heterocycles. The number of carbonyl (C=O) groups excluding carboxylic acids is 1. The van der Waals surface area contributed by atoms with Crippen LogP contribution in [0, 0.1) is 0 Å². The standard InChI is InChI=1S/C21H25ClN2O4.ClH/c1-21(2,3)24-19(25)13-28-18-9-8-17(22)10-16(18)12-23-11-14-4-6-15(7-5-14)20(26)27;/h4-10,23H,11-13H2,1-3H3,(H,24,25)(H,26,27);1H. The van der Waals surface area contributed by atoms with Gasteiger partial charge in [0.25, 0.3) is 5.91 Å². The molecule has 0 fully saturated rings. The number of carboxylic acids is 1. The van der Waals surface area contributed by atoms with Crippen LogP contribution in [-0.4, -0.2) is 29.1 Å². The van der Waals surface area contributed by atoms with E-state index in [1.807, 2.05) is 20.8 Å². The van der Waals surface area contributed by atoms with E-state index < -0.39 is 5.97 Å². The molecule has 2 rings (SSSR count). The van der Waals surface area contributed by atoms with E-state index in [2.05, 4.69) is 10.6 Å². The van der Waals surface area contributed by atoms with Crippen LogP contribution in [0.5, 0.6) is 5.75 Å². The van der Waals surface area contributed by atoms with Crippen molar-refractivity contribution in [1.29, 1.82) is 0 Å². The summed E-state index contributed by atoms with van der Waals surface area (Å²) in [5, 5.41) is 15.6. The quantitative estimate of drug-likeness (QED) is 0.576. The Labute approximate surface area is 182 Å². The van der Waals surface area contributed by atoms with Gasteiger partial charge in [-0.2, -0.15) is 0 Å². The van der Waals surface area contributed by atoms with Crippen LogP contribution in [0.1, 0.15) is 42.3 Å². The summed E-state index contributed by atoms with van der Waals surface area (Å²) < 4.78 is 5.67. The SMILES string of the molecule is CC(C)(C)NC(=O)COc1ccc(Cl)cc1CNCc1ccc(C(=O)O)cc1.Cl. The van der Waals surface area contributed by atoms with Crippen molar-refractivity contribution < 1.29 is 19.4 Å². The molecule has 0 saturated heterocycles. The first-order valence-corrected chi connectivity index (χ1v) is 9.27. The monoisotopic (exact) mass is 440 g/mol. The number of rotatable bonds is 8. The number of amides is 1. The van der Waals surface area contributed by atoms with E-state index in [4.69, 9.17) is 21.4 Å². The minimum Gasteiger partial charge on any atom is -0.483 e. The predicted molar refractivity (Wildman–Crippen MR) is 116 cm³/mol. The Morgan fingerprint density at radius 3 is 2.31 bits per heavy atom. The van der Waals surface area contributed by atoms with Crippen molar-refractivity contribution in [2.24, 2.45) is 0 Å². The zero-order valence-corrected chi connectivity index (χ0v) is 18.2. The van der Waals surface area contributed by atoms with Crippen molar-refractivity contribution >= 4 is 35.9 Å². The van der Waals surface area contributed by atoms with Crippen LogP contribution in [0.25, 0.3) is 0 Å². The molecule has 158 valence electrons. The van der Waals surface area contributed by atoms with Gasteiger partial charge in [-0.15, -0.1) is 12.4 Å². The molecular weight excluding hydrogens is 415 g/mol. The molecule has 29 heavy (non-hydrogen) atoms. The van der Waals surface area contributed by atoms with Gasteiger partial charge in [-0.1, -0.05) is 23.7 Å². The number of hydrogen-bond donors (Lipinski definition) is 3. The molecule has 0 atom stereocenters. The number of benzene rings is 2. The molecule has 0 aliphatic rings. The third kappa shape index (κ3) is 8.73. The minimum absolute atomic E-state index is 0. The Kier molecular flexibility index (Phi) is 9.43. The molecule has 2 aromatic carbocycles. The predicted octanol–water partition coefficient (Wildman–Crippen LogP) is 4.04. The van der Waals surface area contributed by atoms with Gasteiger partial charge >= 0.3 is 5.97 Å². The zero-order chi connectivity index (χ0) is 20.7. The minimum atomic E-state index is -0.948. The number of hydrogen-bond acceptors (Lipinski definition) is 4. The molecule has 3 N–H and O–H groups in total. The van der Waals surface area contributed by atoms with E-state index in [9.17, 15) is 9.59 Å². The van der Waals surface area contributed by atoms with E-state index in [0.717, 1.165) is 11.1 Å². The van der Waals surface area contributed by atoms with Gasteiger partial charge in [-0.05, 0) is 56.7 Å². The highest BCUT2D eigenvalue weighted by Gasteiger charge is 2.15. The lowest BCUT2D eigenvalue weighted by Gasteiger charge is -2.21. The summed E-state index contributed by atoms with van der Waals surface area (Å²) in [7, 11) is 0. The van der Waals surface area contributed by atoms with E-state index in [0.29, 0.717) is 23.9 Å². The van der Waals surface area contributed by atoms with Gasteiger partial charge in [-0.3, -0.25) is 4.79 Å². The third-order valence-corrected chi connectivity index (χ3v) is 3.98. The van der Waals surface area contributed by atoms with E-state index in [-0.39, 0.29) is 36.0 Å². The first kappa shape index (κ1) is 24.8. The van der Waals surface area contributed by atoms with Crippen LogP contribution in [0.3, 0.4) is 0 Å². The molecule has 0 spiro atoms. The van der Waals surface area contributed by atoms with Crippen LogP contribution < -0.4 is 15.4 Å². The van der Waals surface area contributed by atoms with Gasteiger partial charge in [0.1, 0.15) is 5.75 Å². The molecule has 8 heteroatoms. The fourth-order valence-electron chi connectivity index (χ4n) is 2.53. The van der Waals surface area contributed by atoms with Gasteiger partial charge in [0.2, 0.25) is 0 Å². The summed E-state index contributed by atoms with van der Waals surface area (Å²) >= 11 is 6.09. The number of nitrogens with one attached hydrogen (secondary N) is 2. The Bertz CT molecular complexity index is 834. The molecule has 0 saturated carbocycles. The highest BCUT2D eigenvalue weighted by atomic mass is 35.5. The van der Waals surface area contributed by atoms with Gasteiger partial charge in [0, 0.05) is 29.2 Å². The average Bonchev–Trinajstić information content (AvgIpc) is 2.60. The molecule has 2 aromatic rings. The molecule has 0 unspecified atom stereocenters. The number of halogens is 2. The number of carbonyl (C=O) groups is 2. The third-order valence-electron chi connectivity index (χ3n) is 3.74. The van der Waals surface area contributed by atoms with Crippen molar-refractivity contribution in [3.63, 3.8) is 0 Å². The second kappa shape index (κ2) is 11.0. The molecule has 0 heterocycles. The van der Waals surface area contributed by atoms with Crippen molar-refractivity contribution in [1.82, 2.24) is 10.6 Å². The first-order chi connectivity index (χ1) is 13.1. The zero-order valence-electron chi connectivity index (χ0n) is 16.6. The summed E-state index contributed by atoms with van der Waals surface area (Å²) in [5.41, 5.74) is 1.72. The van der Waals surface area contributed by atoms with Gasteiger partial charge in [0.15, 0.2) is 6.61 Å². The number of ether oxygens (including phenoxy) is 1. The van der Waals surface area contributed by atoms with Gasteiger partial charge in [-0.25, -0.2) is 4.79 Å². The largest absolute Gasteiger partial charge is 0.483 e. The summed E-state index contributed by atoms with van der Waals surface area (Å²) in [4.78, 5) is 22.9. The fourth-order valence-corrected chi connectivity index (χ4v) is 2.73. The van der Waals surface area contributed by atoms with Crippen LogP contribution in [0.4, 0.5) is 0 Å². The number of carboxylic acid groups (broad SMARTS) is 1. The van der Waals surface area contributed by atoms with Crippen LogP contribution >= 0.6 is 24.0 Å². The van der Waals surface area contributed by atoms with E-state index in [1.54, 1.807) is 42.5 Å². The van der Waals surface area contributed by atoms with Gasteiger partial charge in [0.05, 0.1) is 5.56 Å². The van der Waals surface area contributed by atoms with Crippen molar-refractivity contribution in [3.8, 4) is 5.75 Å². The molecule has 0 bridgehead atoms. The Hall–Kier alpha value is -2.28. The van der Waals surface area contributed by atoms with E-state index in [1.165, 1.54) is 0 Å². The molecule has 1 amide bonds. The lowest BCUT2D eigenvalue weighted by Crippen LogP contribution is -2.43. The summed E-state index contributed by atoms with van der Waals surface area (Å²) in [5.74, 6) is -0.558. The maximum absolute atomic E-state index is 12.0. The lowest BCUT2D eigenvalue weighted by molar-refractivity contribution is -0.124. The van der Waals surface area contributed by atoms with Crippen LogP contribution in [-0.2, 0) is 17.9 Å². The maximum Gasteiger partial charge on any atom is 0.335 e. The molecular formula is C21H26Cl2N2O4. The summed E-state index contributed by atoms with van der Waals surface area (Å²) in [6.45, 7) is 6.68. The van der Waals surface area contributed by atoms with Crippen LogP contribution in [0.15, 0.2) is 42.5 Å². The fraction of sp³-hybridized carbons (Fsp3) is 0.333. The Morgan fingerprint density at radius 2 is 1.72 bits per heavy atom. The Balaban J connectivity index is 0.00000420. The Morgan fingerprint density at radius 1 is 1.07 bits per heavy atom. The topological polar surface area (TPSA) is 87.7 Å². The highest BCUT2D eigenvalue weighted by molar-refractivity contribution is 6.30. The lowest BCUT2D eigenvalue weighted by atomic mass is 10.1. The highest BCUT2D eigenvalue weighted by Crippen LogP contribution is 2.23. The molecule has 0 aromatic heterocycles. The smallest absolute Gasteiger partial charge is 0.335 e. The molecule has 6 nitrogen and oxygen atoms in total. The van der Waals surface area contributed by atoms with Crippen molar-refractivity contribution in [3.05, 3.63) is 64.2 Å². The summed E-state index contributed by atoms with van der Waals surface area (Å²) in [6, 6.07) is 11.9. The van der Waals surface area contributed by atoms with Crippen LogP contribution in [0.2, 0.25) is 5.02 Å². The summed E-state index contributed by atoms with van der Waals surface area (Å²) in [6.07, 6.45) is 0. The second-order valence-electron chi connectivity index (χ2n) is 7.44. The van der Waals surface area contributed by atoms with Gasteiger partial charge < -0.3 is 20.5 Å². The molecule has 0 radical (unpaired) electrons. The average molecular weight is 441 g/mol. The normalized spacial score (nSPS) is 10.8. The van der Waals surface area contributed by atoms with Crippen molar-refractivity contribution in [2.45, 2.75) is 39.4 Å². The second-order valence-corrected chi connectivity index (χ2v) is 7.88.